The van der Waals surface area contributed by atoms with Crippen LogP contribution < -0.4 is 16.0 Å². The van der Waals surface area contributed by atoms with Gasteiger partial charge in [-0.3, -0.25) is 0 Å². The van der Waals surface area contributed by atoms with E-state index in [1.807, 2.05) is 60.7 Å². The van der Waals surface area contributed by atoms with Crippen LogP contribution >= 0.6 is 0 Å². The monoisotopic (exact) mass is 338 g/mol. The fourth-order valence-corrected chi connectivity index (χ4v) is 2.82. The molecule has 25 heavy (non-hydrogen) atoms. The third kappa shape index (κ3) is 4.97. The molecule has 6 nitrogen and oxygen atoms in total. The molecule has 6 heteroatoms. The smallest absolute Gasteiger partial charge is 0.321 e. The summed E-state index contributed by atoms with van der Waals surface area (Å²) in [6.07, 6.45) is 1.48. The number of carbonyl (C=O) groups excluding carboxylic acids is 2. The number of piperidine rings is 1. The number of benzene rings is 2. The molecule has 0 saturated carbocycles. The molecule has 0 spiro atoms. The van der Waals surface area contributed by atoms with Gasteiger partial charge in [-0.25, -0.2) is 9.59 Å². The molecule has 0 aliphatic carbocycles. The summed E-state index contributed by atoms with van der Waals surface area (Å²) >= 11 is 0. The van der Waals surface area contributed by atoms with Gasteiger partial charge in [0.15, 0.2) is 0 Å². The number of amides is 4. The van der Waals surface area contributed by atoms with Crippen LogP contribution in [0.5, 0.6) is 0 Å². The summed E-state index contributed by atoms with van der Waals surface area (Å²) in [5.74, 6) is 0. The van der Waals surface area contributed by atoms with Gasteiger partial charge in [0, 0.05) is 30.5 Å². The van der Waals surface area contributed by atoms with E-state index in [4.69, 9.17) is 0 Å². The maximum absolute atomic E-state index is 12.3. The molecule has 3 rings (SSSR count). The zero-order valence-corrected chi connectivity index (χ0v) is 13.9. The molecule has 1 aliphatic heterocycles. The average Bonchev–Trinajstić information content (AvgIpc) is 2.64. The summed E-state index contributed by atoms with van der Waals surface area (Å²) in [5.41, 5.74) is 1.55. The zero-order chi connectivity index (χ0) is 17.5. The van der Waals surface area contributed by atoms with Crippen molar-refractivity contribution in [2.45, 2.75) is 18.9 Å². The van der Waals surface area contributed by atoms with Crippen molar-refractivity contribution in [1.29, 1.82) is 0 Å². The molecule has 1 aliphatic rings. The van der Waals surface area contributed by atoms with Gasteiger partial charge in [0.1, 0.15) is 0 Å². The number of carbonyl (C=O) groups is 2. The Morgan fingerprint density at radius 1 is 0.800 bits per heavy atom. The molecule has 0 atom stereocenters. The summed E-state index contributed by atoms with van der Waals surface area (Å²) in [6, 6.07) is 18.5. The van der Waals surface area contributed by atoms with E-state index in [1.54, 1.807) is 4.90 Å². The molecule has 4 amide bonds. The summed E-state index contributed by atoms with van der Waals surface area (Å²) in [4.78, 5) is 26.1. The van der Waals surface area contributed by atoms with Crippen LogP contribution in [-0.2, 0) is 0 Å². The molecule has 1 heterocycles. The number of hydrogen-bond acceptors (Lipinski definition) is 2. The van der Waals surface area contributed by atoms with Crippen LogP contribution in [0.15, 0.2) is 60.7 Å². The molecule has 0 unspecified atom stereocenters. The van der Waals surface area contributed by atoms with Crippen molar-refractivity contribution in [3.63, 3.8) is 0 Å². The fourth-order valence-electron chi connectivity index (χ4n) is 2.82. The number of para-hydroxylation sites is 2. The van der Waals surface area contributed by atoms with Crippen molar-refractivity contribution in [1.82, 2.24) is 10.2 Å². The van der Waals surface area contributed by atoms with E-state index in [-0.39, 0.29) is 18.1 Å². The molecule has 0 radical (unpaired) electrons. The lowest BCUT2D eigenvalue weighted by Crippen LogP contribution is -2.48. The first-order chi connectivity index (χ1) is 12.2. The third-order valence-electron chi connectivity index (χ3n) is 4.17. The first-order valence-corrected chi connectivity index (χ1v) is 8.44. The number of hydrogen-bond donors (Lipinski definition) is 3. The summed E-state index contributed by atoms with van der Waals surface area (Å²) < 4.78 is 0. The Morgan fingerprint density at radius 2 is 1.32 bits per heavy atom. The van der Waals surface area contributed by atoms with Crippen LogP contribution in [0, 0.1) is 0 Å². The van der Waals surface area contributed by atoms with E-state index in [0.29, 0.717) is 13.1 Å². The molecule has 2 aromatic rings. The Hall–Kier alpha value is -3.02. The van der Waals surface area contributed by atoms with Crippen LogP contribution in [0.4, 0.5) is 21.0 Å². The van der Waals surface area contributed by atoms with Gasteiger partial charge in [0.2, 0.25) is 0 Å². The van der Waals surface area contributed by atoms with Gasteiger partial charge in [-0.05, 0) is 37.1 Å². The zero-order valence-electron chi connectivity index (χ0n) is 13.9. The highest BCUT2D eigenvalue weighted by Gasteiger charge is 2.23. The van der Waals surface area contributed by atoms with Crippen LogP contribution in [-0.4, -0.2) is 36.1 Å². The lowest BCUT2D eigenvalue weighted by atomic mass is 10.1. The lowest BCUT2D eigenvalue weighted by Gasteiger charge is -2.32. The highest BCUT2D eigenvalue weighted by Crippen LogP contribution is 2.13. The number of anilines is 2. The van der Waals surface area contributed by atoms with Crippen LogP contribution in [0.1, 0.15) is 12.8 Å². The van der Waals surface area contributed by atoms with Crippen molar-refractivity contribution >= 4 is 23.4 Å². The third-order valence-corrected chi connectivity index (χ3v) is 4.17. The van der Waals surface area contributed by atoms with Gasteiger partial charge < -0.3 is 20.9 Å². The topological polar surface area (TPSA) is 73.5 Å². The minimum absolute atomic E-state index is 0.0736. The number of likely N-dealkylation sites (tertiary alicyclic amines) is 1. The number of rotatable bonds is 3. The first-order valence-electron chi connectivity index (χ1n) is 8.44. The fraction of sp³-hybridized carbons (Fsp3) is 0.263. The average molecular weight is 338 g/mol. The second-order valence-corrected chi connectivity index (χ2v) is 6.02. The predicted molar refractivity (Wildman–Crippen MR) is 98.7 cm³/mol. The highest BCUT2D eigenvalue weighted by atomic mass is 16.2. The van der Waals surface area contributed by atoms with E-state index >= 15 is 0 Å². The van der Waals surface area contributed by atoms with Crippen molar-refractivity contribution < 1.29 is 9.59 Å². The van der Waals surface area contributed by atoms with Gasteiger partial charge in [-0.1, -0.05) is 36.4 Å². The molecule has 0 aromatic heterocycles. The largest absolute Gasteiger partial charge is 0.335 e. The number of nitrogens with one attached hydrogen (secondary N) is 3. The van der Waals surface area contributed by atoms with E-state index < -0.39 is 0 Å². The second kappa shape index (κ2) is 8.19. The lowest BCUT2D eigenvalue weighted by molar-refractivity contribution is 0.189. The molecular weight excluding hydrogens is 316 g/mol. The van der Waals surface area contributed by atoms with Gasteiger partial charge in [0.05, 0.1) is 0 Å². The Balaban J connectivity index is 1.42. The minimum atomic E-state index is -0.210. The molecule has 0 bridgehead atoms. The van der Waals surface area contributed by atoms with Crippen molar-refractivity contribution in [2.24, 2.45) is 0 Å². The summed E-state index contributed by atoms with van der Waals surface area (Å²) in [7, 11) is 0. The molecule has 130 valence electrons. The van der Waals surface area contributed by atoms with Crippen molar-refractivity contribution in [3.05, 3.63) is 60.7 Å². The van der Waals surface area contributed by atoms with Crippen LogP contribution in [0.2, 0.25) is 0 Å². The Bertz CT molecular complexity index is 698. The Labute approximate surface area is 147 Å². The van der Waals surface area contributed by atoms with Gasteiger partial charge >= 0.3 is 12.1 Å². The van der Waals surface area contributed by atoms with Crippen LogP contribution in [0.3, 0.4) is 0 Å². The molecule has 2 aromatic carbocycles. The van der Waals surface area contributed by atoms with E-state index in [1.165, 1.54) is 0 Å². The van der Waals surface area contributed by atoms with Gasteiger partial charge in [-0.2, -0.15) is 0 Å². The molecule has 1 fully saturated rings. The molecule has 3 N–H and O–H groups in total. The number of nitrogens with zero attached hydrogens (tertiary/aromatic N) is 1. The summed E-state index contributed by atoms with van der Waals surface area (Å²) in [5, 5.41) is 8.67. The Kier molecular flexibility index (Phi) is 5.51. The van der Waals surface area contributed by atoms with E-state index in [9.17, 15) is 9.59 Å². The van der Waals surface area contributed by atoms with Crippen LogP contribution in [0.25, 0.3) is 0 Å². The van der Waals surface area contributed by atoms with E-state index in [2.05, 4.69) is 16.0 Å². The molecular formula is C19H22N4O2. The quantitative estimate of drug-likeness (QED) is 0.801. The standard InChI is InChI=1S/C19H22N4O2/c24-18(20-15-7-3-1-4-8-15)21-17-11-13-23(14-12-17)19(25)22-16-9-5-2-6-10-16/h1-10,17H,11-14H2,(H,22,25)(H2,20,21,24). The van der Waals surface area contributed by atoms with Crippen molar-refractivity contribution in [2.75, 3.05) is 23.7 Å². The first kappa shape index (κ1) is 16.8. The SMILES string of the molecule is O=C(Nc1ccccc1)NC1CCN(C(=O)Nc2ccccc2)CC1. The van der Waals surface area contributed by atoms with E-state index in [0.717, 1.165) is 24.2 Å². The number of urea groups is 2. The maximum Gasteiger partial charge on any atom is 0.321 e. The minimum Gasteiger partial charge on any atom is -0.335 e. The maximum atomic E-state index is 12.3. The Morgan fingerprint density at radius 3 is 1.88 bits per heavy atom. The summed E-state index contributed by atoms with van der Waals surface area (Å²) in [6.45, 7) is 1.24. The highest BCUT2D eigenvalue weighted by molar-refractivity contribution is 5.90. The molecule has 1 saturated heterocycles. The normalized spacial score (nSPS) is 14.6. The predicted octanol–water partition coefficient (Wildman–Crippen LogP) is 3.50. The second-order valence-electron chi connectivity index (χ2n) is 6.02. The van der Waals surface area contributed by atoms with Gasteiger partial charge in [0.25, 0.3) is 0 Å². The van der Waals surface area contributed by atoms with Gasteiger partial charge in [-0.15, -0.1) is 0 Å². The van der Waals surface area contributed by atoms with Crippen molar-refractivity contribution in [3.8, 4) is 0 Å².